The first-order valence-electron chi connectivity index (χ1n) is 8.22. The molecule has 3 rings (SSSR count). The number of hydrogen-bond donors (Lipinski definition) is 1. The molecule has 9 heteroatoms. The second-order valence-corrected chi connectivity index (χ2v) is 8.23. The predicted molar refractivity (Wildman–Crippen MR) is 105 cm³/mol. The van der Waals surface area contributed by atoms with E-state index < -0.39 is 34.9 Å². The number of aliphatic hydroxyl groups is 1. The number of carbonyl (C=O) groups excluding carboxylic acids is 2. The fourth-order valence-corrected chi connectivity index (χ4v) is 4.00. The summed E-state index contributed by atoms with van der Waals surface area (Å²) < 4.78 is 24.8. The van der Waals surface area contributed by atoms with Crippen LogP contribution in [0.2, 0.25) is 10.0 Å². The normalized spacial score (nSPS) is 24.0. The molecule has 1 heterocycles. The maximum atomic E-state index is 14.3. The predicted octanol–water partition coefficient (Wildman–Crippen LogP) is 4.15. The molecule has 0 radical (unpaired) electrons. The van der Waals surface area contributed by atoms with E-state index in [1.807, 2.05) is 0 Å². The van der Waals surface area contributed by atoms with Crippen molar-refractivity contribution in [2.45, 2.75) is 23.0 Å². The molecule has 2 aromatic rings. The summed E-state index contributed by atoms with van der Waals surface area (Å²) >= 11 is 12.4. The zero-order chi connectivity index (χ0) is 20.3. The average Bonchev–Trinajstić information content (AvgIpc) is 2.95. The molecular formula is C19H15Cl2FO5S. The van der Waals surface area contributed by atoms with E-state index >= 15 is 0 Å². The van der Waals surface area contributed by atoms with Gasteiger partial charge < -0.3 is 14.6 Å². The highest BCUT2D eigenvalue weighted by Crippen LogP contribution is 2.37. The molecule has 28 heavy (non-hydrogen) atoms. The summed E-state index contributed by atoms with van der Waals surface area (Å²) in [5, 5.41) is 9.96. The van der Waals surface area contributed by atoms with Crippen molar-refractivity contribution in [1.29, 1.82) is 0 Å². The van der Waals surface area contributed by atoms with Gasteiger partial charge in [-0.1, -0.05) is 23.2 Å². The Morgan fingerprint density at radius 1 is 0.964 bits per heavy atom. The van der Waals surface area contributed by atoms with Crippen molar-refractivity contribution in [3.63, 3.8) is 0 Å². The van der Waals surface area contributed by atoms with E-state index in [1.54, 1.807) is 12.1 Å². The molecule has 1 fully saturated rings. The zero-order valence-electron chi connectivity index (χ0n) is 14.3. The zero-order valence-corrected chi connectivity index (χ0v) is 16.6. The third kappa shape index (κ3) is 4.97. The van der Waals surface area contributed by atoms with Gasteiger partial charge >= 0.3 is 11.9 Å². The molecule has 4 atom stereocenters. The van der Waals surface area contributed by atoms with Gasteiger partial charge in [-0.2, -0.15) is 0 Å². The topological polar surface area (TPSA) is 72.8 Å². The van der Waals surface area contributed by atoms with Crippen LogP contribution in [0.15, 0.2) is 48.5 Å². The summed E-state index contributed by atoms with van der Waals surface area (Å²) in [6.07, 6.45) is -3.07. The van der Waals surface area contributed by atoms with Gasteiger partial charge in [0.2, 0.25) is 0 Å². The van der Waals surface area contributed by atoms with Crippen LogP contribution < -0.4 is 0 Å². The highest BCUT2D eigenvalue weighted by atomic mass is 35.5. The van der Waals surface area contributed by atoms with Gasteiger partial charge in [0.1, 0.15) is 12.0 Å². The molecule has 2 aromatic carbocycles. The largest absolute Gasteiger partial charge is 0.461 e. The van der Waals surface area contributed by atoms with E-state index in [2.05, 4.69) is 0 Å². The maximum absolute atomic E-state index is 14.3. The smallest absolute Gasteiger partial charge is 0.338 e. The molecule has 0 aromatic heterocycles. The van der Waals surface area contributed by atoms with E-state index in [9.17, 15) is 19.1 Å². The lowest BCUT2D eigenvalue weighted by Gasteiger charge is -2.20. The van der Waals surface area contributed by atoms with Crippen LogP contribution in [0, 0.1) is 0 Å². The summed E-state index contributed by atoms with van der Waals surface area (Å²) in [6.45, 7) is -0.234. The molecule has 0 saturated carbocycles. The van der Waals surface area contributed by atoms with Gasteiger partial charge in [-0.25, -0.2) is 14.0 Å². The molecule has 5 nitrogen and oxygen atoms in total. The second kappa shape index (κ2) is 9.13. The molecular weight excluding hydrogens is 430 g/mol. The molecule has 1 unspecified atom stereocenters. The van der Waals surface area contributed by atoms with Gasteiger partial charge in [0.15, 0.2) is 12.3 Å². The second-order valence-electron chi connectivity index (χ2n) is 5.99. The van der Waals surface area contributed by atoms with Crippen LogP contribution in [-0.4, -0.2) is 46.6 Å². The number of rotatable bonds is 5. The van der Waals surface area contributed by atoms with Gasteiger partial charge in [0, 0.05) is 10.0 Å². The number of hydrogen-bond acceptors (Lipinski definition) is 6. The van der Waals surface area contributed by atoms with Crippen molar-refractivity contribution in [2.75, 3.05) is 6.61 Å². The van der Waals surface area contributed by atoms with Crippen LogP contribution >= 0.6 is 35.0 Å². The number of alkyl halides is 1. The van der Waals surface area contributed by atoms with Crippen molar-refractivity contribution < 1.29 is 28.6 Å². The minimum absolute atomic E-state index is 0.194. The number of thioether (sulfide) groups is 1. The highest BCUT2D eigenvalue weighted by molar-refractivity contribution is 8.00. The van der Waals surface area contributed by atoms with E-state index in [-0.39, 0.29) is 17.7 Å². The summed E-state index contributed by atoms with van der Waals surface area (Å²) in [6, 6.07) is 12.0. The molecule has 1 aliphatic rings. The molecule has 0 spiro atoms. The van der Waals surface area contributed by atoms with E-state index in [4.69, 9.17) is 32.7 Å². The number of benzene rings is 2. The van der Waals surface area contributed by atoms with E-state index in [1.165, 1.54) is 36.4 Å². The van der Waals surface area contributed by atoms with Crippen molar-refractivity contribution in [1.82, 2.24) is 0 Å². The van der Waals surface area contributed by atoms with Gasteiger partial charge in [-0.05, 0) is 48.5 Å². The molecule has 1 saturated heterocycles. The molecule has 1 N–H and O–H groups in total. The molecule has 0 amide bonds. The molecule has 0 bridgehead atoms. The van der Waals surface area contributed by atoms with Crippen LogP contribution in [0.25, 0.3) is 0 Å². The molecule has 0 aliphatic carbocycles. The number of halogens is 3. The van der Waals surface area contributed by atoms with E-state index in [0.29, 0.717) is 10.0 Å². The molecule has 148 valence electrons. The first kappa shape index (κ1) is 20.9. The minimum Gasteiger partial charge on any atom is -0.461 e. The number of ether oxygens (including phenoxy) is 2. The number of aliphatic hydroxyl groups excluding tert-OH is 1. The fraction of sp³-hybridized carbons (Fsp3) is 0.263. The number of carbonyl (C=O) groups is 2. The van der Waals surface area contributed by atoms with Gasteiger partial charge in [0.25, 0.3) is 0 Å². The van der Waals surface area contributed by atoms with Crippen LogP contribution in [0.3, 0.4) is 0 Å². The number of esters is 2. The minimum atomic E-state index is -1.81. The first-order chi connectivity index (χ1) is 13.3. The average molecular weight is 445 g/mol. The first-order valence-corrected chi connectivity index (χ1v) is 9.92. The Labute approximate surface area is 174 Å². The lowest BCUT2D eigenvalue weighted by molar-refractivity contribution is -0.0112. The Kier molecular flexibility index (Phi) is 6.82. The van der Waals surface area contributed by atoms with Crippen LogP contribution in [0.5, 0.6) is 0 Å². The quantitative estimate of drug-likeness (QED) is 0.698. The Morgan fingerprint density at radius 3 is 2.00 bits per heavy atom. The van der Waals surface area contributed by atoms with Crippen LogP contribution in [-0.2, 0) is 9.47 Å². The Hall–Kier alpha value is -1.80. The standard InChI is InChI=1S/C19H15Cl2FO5S/c20-12-5-1-10(2-6-12)17(23)26-9-14-16(15(22)19(25)28-14)27-18(24)11-3-7-13(21)8-4-11/h1-8,14-16,19,25H,9H2/t14-,15-,16-,19?/m1/s1. The third-order valence-corrected chi connectivity index (χ3v) is 5.85. The van der Waals surface area contributed by atoms with Crippen molar-refractivity contribution in [3.05, 3.63) is 69.7 Å². The lowest BCUT2D eigenvalue weighted by atomic mass is 10.1. The maximum Gasteiger partial charge on any atom is 0.338 e. The summed E-state index contributed by atoms with van der Waals surface area (Å²) in [5.41, 5.74) is -0.915. The Bertz CT molecular complexity index is 846. The van der Waals surface area contributed by atoms with Gasteiger partial charge in [-0.3, -0.25) is 0 Å². The van der Waals surface area contributed by atoms with Gasteiger partial charge in [0.05, 0.1) is 16.4 Å². The summed E-state index contributed by atoms with van der Waals surface area (Å²) in [7, 11) is 0. The SMILES string of the molecule is O=C(OC[C@H]1SC(O)[C@H](F)[C@@H]1OC(=O)c1ccc(Cl)cc1)c1ccc(Cl)cc1. The Morgan fingerprint density at radius 2 is 1.46 bits per heavy atom. The fourth-order valence-electron chi connectivity index (χ4n) is 2.58. The molecule has 1 aliphatic heterocycles. The third-order valence-electron chi connectivity index (χ3n) is 4.05. The summed E-state index contributed by atoms with van der Waals surface area (Å²) in [5.74, 6) is -1.38. The summed E-state index contributed by atoms with van der Waals surface area (Å²) in [4.78, 5) is 24.4. The van der Waals surface area contributed by atoms with E-state index in [0.717, 1.165) is 11.8 Å². The van der Waals surface area contributed by atoms with Gasteiger partial charge in [-0.15, -0.1) is 11.8 Å². The van der Waals surface area contributed by atoms with Crippen LogP contribution in [0.4, 0.5) is 4.39 Å². The van der Waals surface area contributed by atoms with Crippen molar-refractivity contribution in [2.24, 2.45) is 0 Å². The Balaban J connectivity index is 1.63. The monoisotopic (exact) mass is 444 g/mol. The highest BCUT2D eigenvalue weighted by Gasteiger charge is 2.47. The lowest BCUT2D eigenvalue weighted by Crippen LogP contribution is -2.36. The van der Waals surface area contributed by atoms with Crippen molar-refractivity contribution in [3.8, 4) is 0 Å². The van der Waals surface area contributed by atoms with Crippen LogP contribution in [0.1, 0.15) is 20.7 Å². The van der Waals surface area contributed by atoms with Crippen molar-refractivity contribution >= 4 is 46.9 Å².